The third-order valence-electron chi connectivity index (χ3n) is 3.55. The number of ether oxygens (including phenoxy) is 1. The van der Waals surface area contributed by atoms with Crippen LogP contribution in [0.2, 0.25) is 0 Å². The molecule has 0 bridgehead atoms. The average Bonchev–Trinajstić information content (AvgIpc) is 2.51. The van der Waals surface area contributed by atoms with Crippen molar-refractivity contribution in [3.8, 4) is 5.75 Å². The van der Waals surface area contributed by atoms with Gasteiger partial charge >= 0.3 is 0 Å². The van der Waals surface area contributed by atoms with Crippen molar-refractivity contribution >= 4 is 15.9 Å². The predicted octanol–water partition coefficient (Wildman–Crippen LogP) is 4.86. The summed E-state index contributed by atoms with van der Waals surface area (Å²) in [4.78, 5) is 0. The van der Waals surface area contributed by atoms with Crippen molar-refractivity contribution in [2.75, 3.05) is 13.7 Å². The molecule has 1 unspecified atom stereocenters. The average molecular weight is 348 g/mol. The van der Waals surface area contributed by atoms with E-state index in [1.165, 1.54) is 11.1 Å². The summed E-state index contributed by atoms with van der Waals surface area (Å²) >= 11 is 3.64. The van der Waals surface area contributed by atoms with Gasteiger partial charge in [0.05, 0.1) is 13.2 Å². The molecule has 21 heavy (non-hydrogen) atoms. The van der Waals surface area contributed by atoms with Crippen molar-refractivity contribution in [2.45, 2.75) is 26.3 Å². The van der Waals surface area contributed by atoms with Gasteiger partial charge in [-0.2, -0.15) is 0 Å². The Kier molecular flexibility index (Phi) is 5.83. The Hall–Kier alpha value is -1.32. The maximum Gasteiger partial charge on any atom is 0.124 e. The van der Waals surface area contributed by atoms with Gasteiger partial charge in [0.1, 0.15) is 5.75 Å². The molecule has 1 atom stereocenters. The third-order valence-corrected chi connectivity index (χ3v) is 4.41. The lowest BCUT2D eigenvalue weighted by Crippen LogP contribution is -2.23. The largest absolute Gasteiger partial charge is 0.496 e. The summed E-state index contributed by atoms with van der Waals surface area (Å²) in [6.45, 7) is 5.22. The number of methoxy groups -OCH3 is 1. The fourth-order valence-electron chi connectivity index (χ4n) is 2.41. The molecule has 0 heterocycles. The smallest absolute Gasteiger partial charge is 0.124 e. The molecule has 1 N–H and O–H groups in total. The molecule has 0 aliphatic carbocycles. The molecule has 2 aromatic rings. The number of rotatable bonds is 6. The lowest BCUT2D eigenvalue weighted by molar-refractivity contribution is 0.403. The van der Waals surface area contributed by atoms with Crippen LogP contribution >= 0.6 is 15.9 Å². The summed E-state index contributed by atoms with van der Waals surface area (Å²) in [7, 11) is 1.73. The second kappa shape index (κ2) is 7.62. The van der Waals surface area contributed by atoms with E-state index in [9.17, 15) is 0 Å². The minimum Gasteiger partial charge on any atom is -0.496 e. The van der Waals surface area contributed by atoms with E-state index in [1.54, 1.807) is 7.11 Å². The van der Waals surface area contributed by atoms with E-state index >= 15 is 0 Å². The summed E-state index contributed by atoms with van der Waals surface area (Å²) in [5, 5.41) is 3.62. The van der Waals surface area contributed by atoms with Crippen LogP contribution < -0.4 is 10.1 Å². The summed E-state index contributed by atoms with van der Waals surface area (Å²) < 4.78 is 6.71. The van der Waals surface area contributed by atoms with Crippen LogP contribution in [0.5, 0.6) is 5.75 Å². The van der Waals surface area contributed by atoms with Crippen LogP contribution in [0, 0.1) is 6.92 Å². The quantitative estimate of drug-likeness (QED) is 0.805. The zero-order chi connectivity index (χ0) is 15.2. The van der Waals surface area contributed by atoms with E-state index in [0.717, 1.165) is 28.8 Å². The zero-order valence-electron chi connectivity index (χ0n) is 12.8. The van der Waals surface area contributed by atoms with Crippen LogP contribution in [-0.4, -0.2) is 13.7 Å². The van der Waals surface area contributed by atoms with E-state index in [-0.39, 0.29) is 6.04 Å². The number of aryl methyl sites for hydroxylation is 1. The molecule has 3 heteroatoms. The van der Waals surface area contributed by atoms with Crippen LogP contribution in [0.1, 0.15) is 36.1 Å². The van der Waals surface area contributed by atoms with Crippen LogP contribution in [0.3, 0.4) is 0 Å². The highest BCUT2D eigenvalue weighted by Gasteiger charge is 2.18. The highest BCUT2D eigenvalue weighted by Crippen LogP contribution is 2.34. The SMILES string of the molecule is CCCNC(c1ccccc1)c1cc(Br)c(C)cc1OC. The normalized spacial score (nSPS) is 12.2. The van der Waals surface area contributed by atoms with Gasteiger partial charge in [-0.05, 0) is 43.1 Å². The molecule has 0 aromatic heterocycles. The lowest BCUT2D eigenvalue weighted by atomic mass is 9.96. The third kappa shape index (κ3) is 3.86. The monoisotopic (exact) mass is 347 g/mol. The van der Waals surface area contributed by atoms with Gasteiger partial charge in [-0.15, -0.1) is 0 Å². The molecule has 2 nitrogen and oxygen atoms in total. The Bertz CT molecular complexity index is 583. The second-order valence-corrected chi connectivity index (χ2v) is 6.00. The van der Waals surface area contributed by atoms with Crippen molar-refractivity contribution in [2.24, 2.45) is 0 Å². The minimum atomic E-state index is 0.137. The number of halogens is 1. The summed E-state index contributed by atoms with van der Waals surface area (Å²) in [5.74, 6) is 0.924. The molecule has 0 saturated heterocycles. The number of nitrogens with one attached hydrogen (secondary N) is 1. The van der Waals surface area contributed by atoms with Gasteiger partial charge < -0.3 is 10.1 Å². The number of benzene rings is 2. The molecule has 0 spiro atoms. The molecule has 0 radical (unpaired) electrons. The maximum atomic E-state index is 5.60. The zero-order valence-corrected chi connectivity index (χ0v) is 14.4. The van der Waals surface area contributed by atoms with Gasteiger partial charge in [-0.1, -0.05) is 53.2 Å². The number of hydrogen-bond donors (Lipinski definition) is 1. The Morgan fingerprint density at radius 3 is 2.52 bits per heavy atom. The Labute approximate surface area is 135 Å². The fourth-order valence-corrected chi connectivity index (χ4v) is 2.78. The summed E-state index contributed by atoms with van der Waals surface area (Å²) in [6, 6.07) is 14.9. The van der Waals surface area contributed by atoms with Crippen LogP contribution in [0.25, 0.3) is 0 Å². The van der Waals surface area contributed by atoms with Gasteiger partial charge in [0, 0.05) is 10.0 Å². The number of hydrogen-bond acceptors (Lipinski definition) is 2. The molecule has 112 valence electrons. The van der Waals surface area contributed by atoms with Crippen molar-refractivity contribution in [3.05, 3.63) is 63.6 Å². The molecule has 2 rings (SSSR count). The van der Waals surface area contributed by atoms with Crippen molar-refractivity contribution < 1.29 is 4.74 Å². The van der Waals surface area contributed by atoms with Crippen LogP contribution in [-0.2, 0) is 0 Å². The Morgan fingerprint density at radius 2 is 1.90 bits per heavy atom. The van der Waals surface area contributed by atoms with Gasteiger partial charge in [0.25, 0.3) is 0 Å². The highest BCUT2D eigenvalue weighted by molar-refractivity contribution is 9.10. The first kappa shape index (κ1) is 16.1. The van der Waals surface area contributed by atoms with Gasteiger partial charge in [-0.25, -0.2) is 0 Å². The molecule has 0 fully saturated rings. The van der Waals surface area contributed by atoms with E-state index in [4.69, 9.17) is 4.74 Å². The lowest BCUT2D eigenvalue weighted by Gasteiger charge is -2.22. The maximum absolute atomic E-state index is 5.60. The molecule has 2 aromatic carbocycles. The molecule has 0 aliphatic rings. The highest BCUT2D eigenvalue weighted by atomic mass is 79.9. The van der Waals surface area contributed by atoms with E-state index < -0.39 is 0 Å². The molecule has 0 saturated carbocycles. The van der Waals surface area contributed by atoms with E-state index in [2.05, 4.69) is 71.5 Å². The topological polar surface area (TPSA) is 21.3 Å². The van der Waals surface area contributed by atoms with Gasteiger partial charge in [0.15, 0.2) is 0 Å². The second-order valence-electron chi connectivity index (χ2n) is 5.14. The first-order valence-electron chi connectivity index (χ1n) is 7.29. The Balaban J connectivity index is 2.48. The minimum absolute atomic E-state index is 0.137. The van der Waals surface area contributed by atoms with Crippen LogP contribution in [0.15, 0.2) is 46.9 Å². The summed E-state index contributed by atoms with van der Waals surface area (Å²) in [6.07, 6.45) is 1.10. The van der Waals surface area contributed by atoms with E-state index in [0.29, 0.717) is 0 Å². The fraction of sp³-hybridized carbons (Fsp3) is 0.333. The van der Waals surface area contributed by atoms with Gasteiger partial charge in [0.2, 0.25) is 0 Å². The van der Waals surface area contributed by atoms with Crippen molar-refractivity contribution in [1.29, 1.82) is 0 Å². The van der Waals surface area contributed by atoms with Gasteiger partial charge in [-0.3, -0.25) is 0 Å². The first-order chi connectivity index (χ1) is 10.2. The van der Waals surface area contributed by atoms with Crippen LogP contribution in [0.4, 0.5) is 0 Å². The molecular formula is C18H22BrNO. The molecule has 0 aliphatic heterocycles. The summed E-state index contributed by atoms with van der Waals surface area (Å²) in [5.41, 5.74) is 3.59. The standard InChI is InChI=1S/C18H22BrNO/c1-4-10-20-18(14-8-6-5-7-9-14)15-12-16(19)13(2)11-17(15)21-3/h5-9,11-12,18,20H,4,10H2,1-3H3. The van der Waals surface area contributed by atoms with Crippen molar-refractivity contribution in [1.82, 2.24) is 5.32 Å². The Morgan fingerprint density at radius 1 is 1.19 bits per heavy atom. The molecule has 0 amide bonds. The first-order valence-corrected chi connectivity index (χ1v) is 8.09. The van der Waals surface area contributed by atoms with E-state index in [1.807, 2.05) is 6.07 Å². The van der Waals surface area contributed by atoms with Crippen molar-refractivity contribution in [3.63, 3.8) is 0 Å². The molecular weight excluding hydrogens is 326 g/mol. The predicted molar refractivity (Wildman–Crippen MR) is 92.0 cm³/mol.